The lowest BCUT2D eigenvalue weighted by molar-refractivity contribution is 0.949. The standard InChI is InChI=1S/C12H12ClN3O/c1-3-9-7(2)12(17)16-11(15-9)10-5-4-8(13)6-14-10/h4-6H,3H2,1-2H3,(H,15,16,17). The lowest BCUT2D eigenvalue weighted by atomic mass is 10.2. The minimum absolute atomic E-state index is 0.122. The van der Waals surface area contributed by atoms with Crippen molar-refractivity contribution in [2.75, 3.05) is 0 Å². The molecule has 0 saturated heterocycles. The largest absolute Gasteiger partial charge is 0.305 e. The van der Waals surface area contributed by atoms with Gasteiger partial charge in [-0.15, -0.1) is 0 Å². The monoisotopic (exact) mass is 249 g/mol. The highest BCUT2D eigenvalue weighted by Crippen LogP contribution is 2.14. The number of aryl methyl sites for hydroxylation is 1. The molecular formula is C12H12ClN3O. The molecule has 4 nitrogen and oxygen atoms in total. The molecule has 1 N–H and O–H groups in total. The van der Waals surface area contributed by atoms with E-state index in [0.29, 0.717) is 22.1 Å². The van der Waals surface area contributed by atoms with Crippen molar-refractivity contribution < 1.29 is 0 Å². The van der Waals surface area contributed by atoms with Crippen molar-refractivity contribution in [1.82, 2.24) is 15.0 Å². The van der Waals surface area contributed by atoms with Gasteiger partial charge in [-0.1, -0.05) is 18.5 Å². The minimum atomic E-state index is -0.122. The van der Waals surface area contributed by atoms with Gasteiger partial charge in [-0.2, -0.15) is 0 Å². The van der Waals surface area contributed by atoms with Crippen molar-refractivity contribution in [2.24, 2.45) is 0 Å². The molecule has 0 aliphatic heterocycles. The SMILES string of the molecule is CCc1nc(-c2ccc(Cl)cn2)[nH]c(=O)c1C. The van der Waals surface area contributed by atoms with E-state index in [-0.39, 0.29) is 5.56 Å². The fourth-order valence-electron chi connectivity index (χ4n) is 1.56. The van der Waals surface area contributed by atoms with Crippen molar-refractivity contribution >= 4 is 11.6 Å². The van der Waals surface area contributed by atoms with Crippen LogP contribution < -0.4 is 5.56 Å². The molecule has 88 valence electrons. The summed E-state index contributed by atoms with van der Waals surface area (Å²) in [6.45, 7) is 3.73. The van der Waals surface area contributed by atoms with E-state index < -0.39 is 0 Å². The second-order valence-corrected chi connectivity index (χ2v) is 4.14. The van der Waals surface area contributed by atoms with E-state index in [4.69, 9.17) is 11.6 Å². The Morgan fingerprint density at radius 1 is 1.41 bits per heavy atom. The summed E-state index contributed by atoms with van der Waals surface area (Å²) >= 11 is 5.76. The lowest BCUT2D eigenvalue weighted by Gasteiger charge is -2.05. The summed E-state index contributed by atoms with van der Waals surface area (Å²) in [7, 11) is 0. The van der Waals surface area contributed by atoms with E-state index in [1.807, 2.05) is 6.92 Å². The number of rotatable bonds is 2. The Morgan fingerprint density at radius 3 is 2.76 bits per heavy atom. The van der Waals surface area contributed by atoms with Crippen LogP contribution in [0.1, 0.15) is 18.2 Å². The number of H-pyrrole nitrogens is 1. The first-order valence-corrected chi connectivity index (χ1v) is 5.71. The number of pyridine rings is 1. The fourth-order valence-corrected chi connectivity index (χ4v) is 1.67. The van der Waals surface area contributed by atoms with Crippen LogP contribution in [0.5, 0.6) is 0 Å². The Labute approximate surface area is 104 Å². The summed E-state index contributed by atoms with van der Waals surface area (Å²) in [5.41, 5.74) is 1.94. The van der Waals surface area contributed by atoms with Crippen LogP contribution in [0.25, 0.3) is 11.5 Å². The molecule has 2 heterocycles. The first-order chi connectivity index (χ1) is 8.11. The third-order valence-corrected chi connectivity index (χ3v) is 2.78. The Bertz CT molecular complexity index is 590. The first-order valence-electron chi connectivity index (χ1n) is 5.33. The highest BCUT2D eigenvalue weighted by atomic mass is 35.5. The number of nitrogens with one attached hydrogen (secondary N) is 1. The highest BCUT2D eigenvalue weighted by molar-refractivity contribution is 6.30. The van der Waals surface area contributed by atoms with Crippen molar-refractivity contribution in [3.63, 3.8) is 0 Å². The van der Waals surface area contributed by atoms with E-state index in [2.05, 4.69) is 15.0 Å². The van der Waals surface area contributed by atoms with Gasteiger partial charge >= 0.3 is 0 Å². The van der Waals surface area contributed by atoms with Gasteiger partial charge in [0.1, 0.15) is 5.69 Å². The summed E-state index contributed by atoms with van der Waals surface area (Å²) in [6, 6.07) is 3.45. The van der Waals surface area contributed by atoms with E-state index in [1.165, 1.54) is 6.20 Å². The third-order valence-electron chi connectivity index (χ3n) is 2.56. The van der Waals surface area contributed by atoms with Crippen LogP contribution in [0, 0.1) is 6.92 Å². The normalized spacial score (nSPS) is 10.5. The predicted octanol–water partition coefficient (Wildman–Crippen LogP) is 2.36. The van der Waals surface area contributed by atoms with Crippen molar-refractivity contribution in [2.45, 2.75) is 20.3 Å². The molecule has 0 bridgehead atoms. The maximum absolute atomic E-state index is 11.7. The zero-order valence-electron chi connectivity index (χ0n) is 9.62. The number of hydrogen-bond acceptors (Lipinski definition) is 3. The molecule has 17 heavy (non-hydrogen) atoms. The molecule has 0 aliphatic rings. The number of aromatic nitrogens is 3. The maximum atomic E-state index is 11.7. The quantitative estimate of drug-likeness (QED) is 0.889. The molecule has 0 aliphatic carbocycles. The zero-order valence-corrected chi connectivity index (χ0v) is 10.4. The number of aromatic amines is 1. The van der Waals surface area contributed by atoms with Crippen LogP contribution in [0.2, 0.25) is 5.02 Å². The van der Waals surface area contributed by atoms with Crippen LogP contribution >= 0.6 is 11.6 Å². The van der Waals surface area contributed by atoms with Gasteiger partial charge in [0.05, 0.1) is 10.7 Å². The smallest absolute Gasteiger partial charge is 0.254 e. The van der Waals surface area contributed by atoms with Crippen LogP contribution in [0.4, 0.5) is 0 Å². The summed E-state index contributed by atoms with van der Waals surface area (Å²) in [4.78, 5) is 22.9. The first kappa shape index (κ1) is 11.8. The van der Waals surface area contributed by atoms with Crippen molar-refractivity contribution in [1.29, 1.82) is 0 Å². The molecular weight excluding hydrogens is 238 g/mol. The fraction of sp³-hybridized carbons (Fsp3) is 0.250. The minimum Gasteiger partial charge on any atom is -0.305 e. The molecule has 0 atom stereocenters. The lowest BCUT2D eigenvalue weighted by Crippen LogP contribution is -2.16. The van der Waals surface area contributed by atoms with Gasteiger partial charge in [0.25, 0.3) is 5.56 Å². The number of hydrogen-bond donors (Lipinski definition) is 1. The predicted molar refractivity (Wildman–Crippen MR) is 67.2 cm³/mol. The topological polar surface area (TPSA) is 58.6 Å². The Hall–Kier alpha value is -1.68. The molecule has 0 radical (unpaired) electrons. The molecule has 5 heteroatoms. The van der Waals surface area contributed by atoms with Crippen LogP contribution in [-0.4, -0.2) is 15.0 Å². The van der Waals surface area contributed by atoms with E-state index >= 15 is 0 Å². The molecule has 0 amide bonds. The third kappa shape index (κ3) is 2.36. The van der Waals surface area contributed by atoms with E-state index in [0.717, 1.165) is 12.1 Å². The van der Waals surface area contributed by atoms with Gasteiger partial charge in [0, 0.05) is 11.8 Å². The van der Waals surface area contributed by atoms with Crippen molar-refractivity contribution in [3.05, 3.63) is 45.0 Å². The Kier molecular flexibility index (Phi) is 3.24. The van der Waals surface area contributed by atoms with Crippen molar-refractivity contribution in [3.8, 4) is 11.5 Å². The van der Waals surface area contributed by atoms with Crippen LogP contribution in [0.3, 0.4) is 0 Å². The molecule has 2 aromatic rings. The molecule has 0 saturated carbocycles. The summed E-state index contributed by atoms with van der Waals surface area (Å²) in [6.07, 6.45) is 2.25. The van der Waals surface area contributed by atoms with Gasteiger partial charge < -0.3 is 4.98 Å². The summed E-state index contributed by atoms with van der Waals surface area (Å²) < 4.78 is 0. The van der Waals surface area contributed by atoms with Gasteiger partial charge in [-0.3, -0.25) is 9.78 Å². The molecule has 2 rings (SSSR count). The average Bonchev–Trinajstić information content (AvgIpc) is 2.33. The Morgan fingerprint density at radius 2 is 2.18 bits per heavy atom. The molecule has 0 spiro atoms. The zero-order chi connectivity index (χ0) is 12.4. The molecule has 0 fully saturated rings. The highest BCUT2D eigenvalue weighted by Gasteiger charge is 2.08. The van der Waals surface area contributed by atoms with E-state index in [9.17, 15) is 4.79 Å². The number of halogens is 1. The second-order valence-electron chi connectivity index (χ2n) is 3.70. The van der Waals surface area contributed by atoms with Crippen LogP contribution in [-0.2, 0) is 6.42 Å². The molecule has 2 aromatic heterocycles. The summed E-state index contributed by atoms with van der Waals surface area (Å²) in [5.74, 6) is 0.481. The van der Waals surface area contributed by atoms with Gasteiger partial charge in [0.15, 0.2) is 5.82 Å². The average molecular weight is 250 g/mol. The molecule has 0 aromatic carbocycles. The second kappa shape index (κ2) is 4.67. The van der Waals surface area contributed by atoms with Crippen LogP contribution in [0.15, 0.2) is 23.1 Å². The maximum Gasteiger partial charge on any atom is 0.254 e. The summed E-state index contributed by atoms with van der Waals surface area (Å²) in [5, 5.41) is 0.555. The Balaban J connectivity index is 2.56. The van der Waals surface area contributed by atoms with E-state index in [1.54, 1.807) is 19.1 Å². The van der Waals surface area contributed by atoms with Gasteiger partial charge in [0.2, 0.25) is 0 Å². The number of nitrogens with zero attached hydrogens (tertiary/aromatic N) is 2. The molecule has 0 unspecified atom stereocenters. The van der Waals surface area contributed by atoms with Gasteiger partial charge in [-0.05, 0) is 25.5 Å². The van der Waals surface area contributed by atoms with Gasteiger partial charge in [-0.25, -0.2) is 4.98 Å².